The molecule has 2 aromatic carbocycles. The maximum absolute atomic E-state index is 12.7. The predicted molar refractivity (Wildman–Crippen MR) is 135 cm³/mol. The van der Waals surface area contributed by atoms with Gasteiger partial charge >= 0.3 is 12.1 Å². The summed E-state index contributed by atoms with van der Waals surface area (Å²) in [6, 6.07) is 15.9. The van der Waals surface area contributed by atoms with E-state index in [1.807, 2.05) is 31.2 Å². The Kier molecular flexibility index (Phi) is 9.70. The van der Waals surface area contributed by atoms with E-state index in [9.17, 15) is 14.4 Å². The highest BCUT2D eigenvalue weighted by Gasteiger charge is 2.29. The molecule has 0 fully saturated rings. The third-order valence-corrected chi connectivity index (χ3v) is 6.44. The number of fused-ring (bicyclic) bond motifs is 3. The average molecular weight is 481 g/mol. The third kappa shape index (κ3) is 7.57. The normalized spacial score (nSPS) is 13.9. The van der Waals surface area contributed by atoms with E-state index >= 15 is 0 Å². The number of benzene rings is 2. The summed E-state index contributed by atoms with van der Waals surface area (Å²) in [7, 11) is 0. The number of aliphatic carboxylic acids is 1. The van der Waals surface area contributed by atoms with Crippen LogP contribution < -0.4 is 10.6 Å². The number of nitrogens with one attached hydrogen (secondary N) is 2. The van der Waals surface area contributed by atoms with Crippen molar-refractivity contribution in [2.45, 2.75) is 76.8 Å². The van der Waals surface area contributed by atoms with Gasteiger partial charge in [0.15, 0.2) is 0 Å². The molecule has 0 aliphatic heterocycles. The Hall–Kier alpha value is -3.35. The molecule has 188 valence electrons. The zero-order chi connectivity index (χ0) is 25.2. The highest BCUT2D eigenvalue weighted by atomic mass is 16.5. The minimum Gasteiger partial charge on any atom is -0.481 e. The fourth-order valence-corrected chi connectivity index (χ4v) is 4.67. The van der Waals surface area contributed by atoms with Crippen molar-refractivity contribution in [1.29, 1.82) is 0 Å². The molecule has 3 rings (SSSR count). The molecule has 2 unspecified atom stereocenters. The first-order valence-corrected chi connectivity index (χ1v) is 12.5. The molecule has 0 radical (unpaired) electrons. The number of unbranched alkanes of at least 4 members (excludes halogenated alkanes) is 1. The van der Waals surface area contributed by atoms with Gasteiger partial charge in [0.2, 0.25) is 5.91 Å². The lowest BCUT2D eigenvalue weighted by molar-refractivity contribution is -0.137. The van der Waals surface area contributed by atoms with Crippen LogP contribution in [0.4, 0.5) is 4.79 Å². The summed E-state index contributed by atoms with van der Waals surface area (Å²) in [6.07, 6.45) is 3.35. The molecule has 0 saturated heterocycles. The first-order chi connectivity index (χ1) is 16.9. The van der Waals surface area contributed by atoms with Crippen molar-refractivity contribution in [3.8, 4) is 11.1 Å². The van der Waals surface area contributed by atoms with Crippen molar-refractivity contribution in [3.05, 3.63) is 59.7 Å². The molecule has 1 aliphatic rings. The highest BCUT2D eigenvalue weighted by molar-refractivity contribution is 5.79. The molecule has 0 heterocycles. The number of carboxylic acid groups (broad SMARTS) is 1. The van der Waals surface area contributed by atoms with Crippen LogP contribution in [-0.4, -0.2) is 41.8 Å². The maximum Gasteiger partial charge on any atom is 0.407 e. The van der Waals surface area contributed by atoms with E-state index < -0.39 is 12.1 Å². The molecule has 0 spiro atoms. The first kappa shape index (κ1) is 26.3. The lowest BCUT2D eigenvalue weighted by Crippen LogP contribution is -2.41. The zero-order valence-electron chi connectivity index (χ0n) is 20.6. The number of carboxylic acids is 1. The van der Waals surface area contributed by atoms with Crippen LogP contribution >= 0.6 is 0 Å². The second kappa shape index (κ2) is 12.9. The van der Waals surface area contributed by atoms with Gasteiger partial charge in [0.25, 0.3) is 0 Å². The van der Waals surface area contributed by atoms with E-state index in [0.717, 1.165) is 24.0 Å². The Morgan fingerprint density at radius 1 is 0.943 bits per heavy atom. The summed E-state index contributed by atoms with van der Waals surface area (Å²) in [4.78, 5) is 35.9. The van der Waals surface area contributed by atoms with E-state index in [2.05, 4.69) is 41.8 Å². The molecule has 1 aliphatic carbocycles. The number of hydrogen-bond donors (Lipinski definition) is 3. The molecule has 2 aromatic rings. The van der Waals surface area contributed by atoms with Gasteiger partial charge in [0.1, 0.15) is 6.61 Å². The molecule has 35 heavy (non-hydrogen) atoms. The van der Waals surface area contributed by atoms with Crippen LogP contribution in [0.1, 0.15) is 75.8 Å². The van der Waals surface area contributed by atoms with Crippen LogP contribution in [0.15, 0.2) is 48.5 Å². The van der Waals surface area contributed by atoms with Crippen molar-refractivity contribution in [3.63, 3.8) is 0 Å². The largest absolute Gasteiger partial charge is 0.481 e. The lowest BCUT2D eigenvalue weighted by atomic mass is 9.98. The molecule has 2 amide bonds. The van der Waals surface area contributed by atoms with Crippen molar-refractivity contribution < 1.29 is 24.2 Å². The molecule has 3 N–H and O–H groups in total. The summed E-state index contributed by atoms with van der Waals surface area (Å²) in [5, 5.41) is 14.6. The fraction of sp³-hybridized carbons (Fsp3) is 0.464. The van der Waals surface area contributed by atoms with Gasteiger partial charge in [-0.25, -0.2) is 4.79 Å². The maximum atomic E-state index is 12.7. The number of carbonyl (C=O) groups excluding carboxylic acids is 2. The van der Waals surface area contributed by atoms with Crippen LogP contribution in [0, 0.1) is 0 Å². The number of rotatable bonds is 13. The molecule has 0 bridgehead atoms. The Morgan fingerprint density at radius 3 is 2.17 bits per heavy atom. The number of alkyl carbamates (subject to hydrolysis) is 1. The van der Waals surface area contributed by atoms with E-state index in [4.69, 9.17) is 9.84 Å². The molecule has 7 nitrogen and oxygen atoms in total. The Labute approximate surface area is 207 Å². The van der Waals surface area contributed by atoms with Gasteiger partial charge in [-0.1, -0.05) is 68.3 Å². The fourth-order valence-electron chi connectivity index (χ4n) is 4.67. The van der Waals surface area contributed by atoms with Gasteiger partial charge in [-0.3, -0.25) is 9.59 Å². The summed E-state index contributed by atoms with van der Waals surface area (Å²) in [5.74, 6) is -1.01. The van der Waals surface area contributed by atoms with Gasteiger partial charge < -0.3 is 20.5 Å². The quantitative estimate of drug-likeness (QED) is 0.364. The SMILES string of the molecule is CCCCC(CC(=O)NC(C)CCCC(=O)O)NC(=O)OCC1c2ccccc2-c2ccccc21. The smallest absolute Gasteiger partial charge is 0.407 e. The predicted octanol–water partition coefficient (Wildman–Crippen LogP) is 5.23. The number of hydrogen-bond acceptors (Lipinski definition) is 4. The van der Waals surface area contributed by atoms with E-state index in [1.165, 1.54) is 11.1 Å². The van der Waals surface area contributed by atoms with E-state index in [1.54, 1.807) is 0 Å². The zero-order valence-corrected chi connectivity index (χ0v) is 20.6. The van der Waals surface area contributed by atoms with Gasteiger partial charge in [0.05, 0.1) is 0 Å². The van der Waals surface area contributed by atoms with Crippen molar-refractivity contribution in [2.75, 3.05) is 6.61 Å². The molecule has 0 saturated carbocycles. The van der Waals surface area contributed by atoms with Crippen LogP contribution in [0.25, 0.3) is 11.1 Å². The Bertz CT molecular complexity index is 976. The Morgan fingerprint density at radius 2 is 1.57 bits per heavy atom. The molecule has 7 heteroatoms. The van der Waals surface area contributed by atoms with Crippen molar-refractivity contribution in [1.82, 2.24) is 10.6 Å². The monoisotopic (exact) mass is 480 g/mol. The molecular weight excluding hydrogens is 444 g/mol. The standard InChI is InChI=1S/C28H36N2O5/c1-3-4-11-20(17-26(31)29-19(2)10-9-16-27(32)33)30-28(34)35-18-25-23-14-7-5-12-21(23)22-13-6-8-15-24(22)25/h5-8,12-15,19-20,25H,3-4,9-11,16-18H2,1-2H3,(H,29,31)(H,30,34)(H,32,33). The summed E-state index contributed by atoms with van der Waals surface area (Å²) in [6.45, 7) is 4.15. The minimum absolute atomic E-state index is 0.0165. The van der Waals surface area contributed by atoms with Crippen LogP contribution in [0.3, 0.4) is 0 Å². The number of ether oxygens (including phenoxy) is 1. The van der Waals surface area contributed by atoms with Crippen molar-refractivity contribution >= 4 is 18.0 Å². The van der Waals surface area contributed by atoms with Crippen molar-refractivity contribution in [2.24, 2.45) is 0 Å². The van der Waals surface area contributed by atoms with Gasteiger partial charge in [0, 0.05) is 30.8 Å². The highest BCUT2D eigenvalue weighted by Crippen LogP contribution is 2.44. The van der Waals surface area contributed by atoms with Gasteiger partial charge in [-0.15, -0.1) is 0 Å². The minimum atomic E-state index is -0.838. The average Bonchev–Trinajstić information content (AvgIpc) is 3.14. The first-order valence-electron chi connectivity index (χ1n) is 12.5. The second-order valence-corrected chi connectivity index (χ2v) is 9.27. The Balaban J connectivity index is 1.53. The third-order valence-electron chi connectivity index (χ3n) is 6.44. The van der Waals surface area contributed by atoms with Crippen LogP contribution in [0.5, 0.6) is 0 Å². The second-order valence-electron chi connectivity index (χ2n) is 9.27. The van der Waals surface area contributed by atoms with E-state index in [-0.39, 0.29) is 43.4 Å². The van der Waals surface area contributed by atoms with E-state index in [0.29, 0.717) is 19.3 Å². The molecule has 2 atom stereocenters. The number of amides is 2. The topological polar surface area (TPSA) is 105 Å². The van der Waals surface area contributed by atoms with Crippen LogP contribution in [-0.2, 0) is 14.3 Å². The molecular formula is C28H36N2O5. The lowest BCUT2D eigenvalue weighted by Gasteiger charge is -2.21. The summed E-state index contributed by atoms with van der Waals surface area (Å²) >= 11 is 0. The molecule has 0 aromatic heterocycles. The van der Waals surface area contributed by atoms with Gasteiger partial charge in [-0.05, 0) is 48.4 Å². The van der Waals surface area contributed by atoms with Gasteiger partial charge in [-0.2, -0.15) is 0 Å². The summed E-state index contributed by atoms with van der Waals surface area (Å²) in [5.41, 5.74) is 4.65. The number of carbonyl (C=O) groups is 3. The van der Waals surface area contributed by atoms with Crippen LogP contribution in [0.2, 0.25) is 0 Å². The summed E-state index contributed by atoms with van der Waals surface area (Å²) < 4.78 is 5.65.